The number of carbonyl (C=O) groups excluding carboxylic acids is 1. The first-order valence-electron chi connectivity index (χ1n) is 7.54. The third-order valence-electron chi connectivity index (χ3n) is 4.62. The van der Waals surface area contributed by atoms with Gasteiger partial charge in [-0.05, 0) is 43.7 Å². The molecule has 1 aliphatic heterocycles. The smallest absolute Gasteiger partial charge is 0.272 e. The molecule has 3 N–H and O–H groups in total. The quantitative estimate of drug-likeness (QED) is 0.640. The number of piperidine rings is 1. The molecule has 1 aromatic rings. The Kier molecular flexibility index (Phi) is 3.87. The molecule has 0 aromatic carbocycles. The Morgan fingerprint density at radius 3 is 2.90 bits per heavy atom. The van der Waals surface area contributed by atoms with E-state index >= 15 is 0 Å². The number of aromatic nitrogens is 1. The maximum Gasteiger partial charge on any atom is 0.272 e. The van der Waals surface area contributed by atoms with Gasteiger partial charge in [-0.15, -0.1) is 0 Å². The van der Waals surface area contributed by atoms with Gasteiger partial charge in [0.2, 0.25) is 0 Å². The predicted molar refractivity (Wildman–Crippen MR) is 78.1 cm³/mol. The summed E-state index contributed by atoms with van der Waals surface area (Å²) in [5.74, 6) is 6.65. The molecular formula is C15H22N4O. The lowest BCUT2D eigenvalue weighted by atomic mass is 9.78. The van der Waals surface area contributed by atoms with Gasteiger partial charge in [0.1, 0.15) is 11.5 Å². The van der Waals surface area contributed by atoms with Crippen LogP contribution in [0.25, 0.3) is 0 Å². The number of fused-ring (bicyclic) bond motifs is 1. The van der Waals surface area contributed by atoms with Crippen molar-refractivity contribution < 1.29 is 4.79 Å². The molecule has 2 aliphatic rings. The highest BCUT2D eigenvalue weighted by molar-refractivity contribution is 5.93. The molecule has 3 rings (SSSR count). The number of carbonyl (C=O) groups is 1. The zero-order valence-electron chi connectivity index (χ0n) is 11.7. The monoisotopic (exact) mass is 274 g/mol. The van der Waals surface area contributed by atoms with Gasteiger partial charge < -0.3 is 10.3 Å². The average Bonchev–Trinajstić information content (AvgIpc) is 2.53. The van der Waals surface area contributed by atoms with Crippen LogP contribution in [0.5, 0.6) is 0 Å². The zero-order valence-corrected chi connectivity index (χ0v) is 11.7. The SMILES string of the molecule is NNc1cccc(C(=O)N2CCC[C@H]3CCCC[C@H]32)n1. The molecule has 5 heteroatoms. The maximum atomic E-state index is 12.7. The first kappa shape index (κ1) is 13.4. The molecular weight excluding hydrogens is 252 g/mol. The van der Waals surface area contributed by atoms with Crippen molar-refractivity contribution in [1.82, 2.24) is 9.88 Å². The van der Waals surface area contributed by atoms with Crippen LogP contribution in [0.1, 0.15) is 49.0 Å². The molecule has 1 amide bonds. The Morgan fingerprint density at radius 2 is 2.05 bits per heavy atom. The summed E-state index contributed by atoms with van der Waals surface area (Å²) in [6, 6.07) is 5.77. The highest BCUT2D eigenvalue weighted by Crippen LogP contribution is 2.35. The van der Waals surface area contributed by atoms with Gasteiger partial charge >= 0.3 is 0 Å². The fourth-order valence-electron chi connectivity index (χ4n) is 3.66. The molecule has 1 saturated carbocycles. The topological polar surface area (TPSA) is 71.2 Å². The molecule has 1 aliphatic carbocycles. The number of nitrogens with one attached hydrogen (secondary N) is 1. The lowest BCUT2D eigenvalue weighted by Gasteiger charge is -2.44. The van der Waals surface area contributed by atoms with Crippen LogP contribution >= 0.6 is 0 Å². The summed E-state index contributed by atoms with van der Waals surface area (Å²) < 4.78 is 0. The fourth-order valence-corrected chi connectivity index (χ4v) is 3.66. The summed E-state index contributed by atoms with van der Waals surface area (Å²) in [7, 11) is 0. The van der Waals surface area contributed by atoms with Crippen molar-refractivity contribution in [2.75, 3.05) is 12.0 Å². The van der Waals surface area contributed by atoms with Crippen molar-refractivity contribution in [3.05, 3.63) is 23.9 Å². The molecule has 5 nitrogen and oxygen atoms in total. The number of rotatable bonds is 2. The number of nitrogens with two attached hydrogens (primary N) is 1. The minimum absolute atomic E-state index is 0.0544. The van der Waals surface area contributed by atoms with Crippen LogP contribution in [0.2, 0.25) is 0 Å². The Balaban J connectivity index is 1.81. The summed E-state index contributed by atoms with van der Waals surface area (Å²) in [5, 5.41) is 0. The number of pyridine rings is 1. The molecule has 0 spiro atoms. The molecule has 0 radical (unpaired) electrons. The van der Waals surface area contributed by atoms with Crippen LogP contribution in [-0.2, 0) is 0 Å². The second-order valence-electron chi connectivity index (χ2n) is 5.81. The van der Waals surface area contributed by atoms with E-state index in [1.54, 1.807) is 12.1 Å². The molecule has 108 valence electrons. The predicted octanol–water partition coefficient (Wildman–Crippen LogP) is 2.16. The van der Waals surface area contributed by atoms with E-state index in [0.29, 0.717) is 23.5 Å². The number of nitrogen functional groups attached to an aromatic ring is 1. The number of nitrogens with zero attached hydrogens (tertiary/aromatic N) is 2. The van der Waals surface area contributed by atoms with Gasteiger partial charge in [0.15, 0.2) is 0 Å². The lowest BCUT2D eigenvalue weighted by molar-refractivity contribution is 0.0385. The third-order valence-corrected chi connectivity index (χ3v) is 4.62. The first-order valence-corrected chi connectivity index (χ1v) is 7.54. The van der Waals surface area contributed by atoms with Crippen LogP contribution in [0.15, 0.2) is 18.2 Å². The fraction of sp³-hybridized carbons (Fsp3) is 0.600. The van der Waals surface area contributed by atoms with Gasteiger partial charge in [0, 0.05) is 12.6 Å². The molecule has 1 aromatic heterocycles. The number of hydrogen-bond donors (Lipinski definition) is 2. The highest BCUT2D eigenvalue weighted by Gasteiger charge is 2.36. The lowest BCUT2D eigenvalue weighted by Crippen LogP contribution is -2.49. The summed E-state index contributed by atoms with van der Waals surface area (Å²) in [4.78, 5) is 19.0. The number of anilines is 1. The summed E-state index contributed by atoms with van der Waals surface area (Å²) in [5.41, 5.74) is 2.99. The van der Waals surface area contributed by atoms with Crippen molar-refractivity contribution in [2.24, 2.45) is 11.8 Å². The van der Waals surface area contributed by atoms with E-state index in [2.05, 4.69) is 15.3 Å². The summed E-state index contributed by atoms with van der Waals surface area (Å²) in [6.45, 7) is 0.863. The second-order valence-corrected chi connectivity index (χ2v) is 5.81. The second kappa shape index (κ2) is 5.79. The van der Waals surface area contributed by atoms with Gasteiger partial charge in [0.05, 0.1) is 0 Å². The number of amides is 1. The zero-order chi connectivity index (χ0) is 13.9. The van der Waals surface area contributed by atoms with E-state index in [9.17, 15) is 4.79 Å². The Bertz CT molecular complexity index is 489. The minimum atomic E-state index is 0.0544. The van der Waals surface area contributed by atoms with Gasteiger partial charge in [-0.3, -0.25) is 4.79 Å². The largest absolute Gasteiger partial charge is 0.334 e. The average molecular weight is 274 g/mol. The normalized spacial score (nSPS) is 25.9. The first-order chi connectivity index (χ1) is 9.79. The molecule has 2 atom stereocenters. The Labute approximate surface area is 119 Å². The van der Waals surface area contributed by atoms with Crippen molar-refractivity contribution in [2.45, 2.75) is 44.6 Å². The van der Waals surface area contributed by atoms with E-state index in [0.717, 1.165) is 19.4 Å². The van der Waals surface area contributed by atoms with Crippen molar-refractivity contribution >= 4 is 11.7 Å². The Hall–Kier alpha value is -1.62. The summed E-state index contributed by atoms with van der Waals surface area (Å²) >= 11 is 0. The van der Waals surface area contributed by atoms with Gasteiger partial charge in [-0.2, -0.15) is 0 Å². The standard InChI is InChI=1S/C15H22N4O/c16-18-14-9-3-7-12(17-14)15(20)19-10-4-6-11-5-1-2-8-13(11)19/h3,7,9,11,13H,1-2,4-6,8,10,16H2,(H,17,18)/t11-,13-/m1/s1. The molecule has 2 fully saturated rings. The number of likely N-dealkylation sites (tertiary alicyclic amines) is 1. The van der Waals surface area contributed by atoms with E-state index in [1.165, 1.54) is 25.7 Å². The van der Waals surface area contributed by atoms with Crippen molar-refractivity contribution in [1.29, 1.82) is 0 Å². The molecule has 0 unspecified atom stereocenters. The van der Waals surface area contributed by atoms with E-state index in [1.807, 2.05) is 6.07 Å². The van der Waals surface area contributed by atoms with Crippen LogP contribution in [0, 0.1) is 5.92 Å². The van der Waals surface area contributed by atoms with Gasteiger partial charge in [0.25, 0.3) is 5.91 Å². The summed E-state index contributed by atoms with van der Waals surface area (Å²) in [6.07, 6.45) is 7.35. The highest BCUT2D eigenvalue weighted by atomic mass is 16.2. The van der Waals surface area contributed by atoms with Crippen molar-refractivity contribution in [3.63, 3.8) is 0 Å². The Morgan fingerprint density at radius 1 is 1.25 bits per heavy atom. The molecule has 2 heterocycles. The van der Waals surface area contributed by atoms with E-state index in [-0.39, 0.29) is 5.91 Å². The van der Waals surface area contributed by atoms with E-state index < -0.39 is 0 Å². The molecule has 20 heavy (non-hydrogen) atoms. The minimum Gasteiger partial charge on any atom is -0.334 e. The van der Waals surface area contributed by atoms with Gasteiger partial charge in [-0.1, -0.05) is 18.9 Å². The van der Waals surface area contributed by atoms with Crippen LogP contribution < -0.4 is 11.3 Å². The van der Waals surface area contributed by atoms with Crippen molar-refractivity contribution in [3.8, 4) is 0 Å². The molecule has 0 bridgehead atoms. The van der Waals surface area contributed by atoms with Crippen LogP contribution in [0.3, 0.4) is 0 Å². The van der Waals surface area contributed by atoms with Crippen LogP contribution in [-0.4, -0.2) is 28.4 Å². The number of hydrogen-bond acceptors (Lipinski definition) is 4. The van der Waals surface area contributed by atoms with Crippen LogP contribution in [0.4, 0.5) is 5.82 Å². The van der Waals surface area contributed by atoms with E-state index in [4.69, 9.17) is 5.84 Å². The maximum absolute atomic E-state index is 12.7. The molecule has 1 saturated heterocycles. The number of hydrazine groups is 1. The van der Waals surface area contributed by atoms with Gasteiger partial charge in [-0.25, -0.2) is 10.8 Å². The third kappa shape index (κ3) is 2.50.